The molecule has 3 rings (SSSR count). The summed E-state index contributed by atoms with van der Waals surface area (Å²) in [4.78, 5) is 0. The van der Waals surface area contributed by atoms with Crippen LogP contribution in [0.25, 0.3) is 0 Å². The van der Waals surface area contributed by atoms with Gasteiger partial charge in [0.15, 0.2) is 6.17 Å². The van der Waals surface area contributed by atoms with Crippen LogP contribution < -0.4 is 5.19 Å². The van der Waals surface area contributed by atoms with E-state index in [1.807, 2.05) is 0 Å². The van der Waals surface area contributed by atoms with Crippen molar-refractivity contribution in [3.63, 3.8) is 0 Å². The van der Waals surface area contributed by atoms with Gasteiger partial charge in [-0.15, -0.1) is 0 Å². The molecular formula is C23H23F5OSi. The second-order valence-corrected chi connectivity index (χ2v) is 9.93. The molecule has 0 spiro atoms. The van der Waals surface area contributed by atoms with Gasteiger partial charge in [0.25, 0.3) is 0 Å². The van der Waals surface area contributed by atoms with Gasteiger partial charge in [-0.25, -0.2) is 13.2 Å². The molecule has 0 saturated heterocycles. The zero-order chi connectivity index (χ0) is 22.2. The van der Waals surface area contributed by atoms with E-state index in [2.05, 4.69) is 0 Å². The lowest BCUT2D eigenvalue weighted by atomic mass is 9.72. The normalized spacial score (nSPS) is 29.8. The van der Waals surface area contributed by atoms with E-state index in [-0.39, 0.29) is 10.8 Å². The second kappa shape index (κ2) is 8.02. The third-order valence-corrected chi connectivity index (χ3v) is 8.73. The first-order valence-electron chi connectivity index (χ1n) is 9.58. The molecule has 4 atom stereocenters. The molecule has 1 aliphatic rings. The third-order valence-electron chi connectivity index (χ3n) is 5.79. The topological polar surface area (TPSA) is 9.23 Å². The Labute approximate surface area is 174 Å². The van der Waals surface area contributed by atoms with Crippen LogP contribution in [0.4, 0.5) is 22.0 Å². The summed E-state index contributed by atoms with van der Waals surface area (Å²) in [6.07, 6.45) is -0.129. The van der Waals surface area contributed by atoms with E-state index < -0.39 is 43.2 Å². The molecule has 0 aliphatic heterocycles. The highest BCUT2D eigenvalue weighted by Crippen LogP contribution is 2.60. The van der Waals surface area contributed by atoms with E-state index in [9.17, 15) is 0 Å². The SMILES string of the molecule is CC=CO[SiH](c1ccccc1)C1(F)C(C)=C(C)C(F)C(F)(c2ccccc2)C1(F)F. The maximum Gasteiger partial charge on any atom is 0.326 e. The van der Waals surface area contributed by atoms with Crippen LogP contribution in [0.5, 0.6) is 0 Å². The van der Waals surface area contributed by atoms with Crippen molar-refractivity contribution < 1.29 is 26.4 Å². The Bertz CT molecular complexity index is 947. The van der Waals surface area contributed by atoms with Crippen molar-refractivity contribution in [1.29, 1.82) is 0 Å². The van der Waals surface area contributed by atoms with Crippen molar-refractivity contribution in [3.05, 3.63) is 89.7 Å². The Morgan fingerprint density at radius 3 is 1.97 bits per heavy atom. The molecular weight excluding hydrogens is 415 g/mol. The van der Waals surface area contributed by atoms with Crippen LogP contribution in [-0.4, -0.2) is 26.4 Å². The molecule has 0 fully saturated rings. The smallest absolute Gasteiger partial charge is 0.326 e. The lowest BCUT2D eigenvalue weighted by Gasteiger charge is -2.50. The predicted molar refractivity (Wildman–Crippen MR) is 110 cm³/mol. The van der Waals surface area contributed by atoms with Gasteiger partial charge in [0, 0.05) is 0 Å². The van der Waals surface area contributed by atoms with Gasteiger partial charge in [0.2, 0.25) is 11.0 Å². The second-order valence-electron chi connectivity index (χ2n) is 7.43. The van der Waals surface area contributed by atoms with Gasteiger partial charge in [0.1, 0.15) is 0 Å². The Kier molecular flexibility index (Phi) is 5.96. The fraction of sp³-hybridized carbons (Fsp3) is 0.304. The first-order chi connectivity index (χ1) is 14.1. The average Bonchev–Trinajstić information content (AvgIpc) is 2.77. The largest absolute Gasteiger partial charge is 0.544 e. The van der Waals surface area contributed by atoms with E-state index in [4.69, 9.17) is 4.43 Å². The Morgan fingerprint density at radius 1 is 0.900 bits per heavy atom. The van der Waals surface area contributed by atoms with Crippen LogP contribution in [-0.2, 0) is 10.1 Å². The Balaban J connectivity index is 2.32. The van der Waals surface area contributed by atoms with Gasteiger partial charge in [-0.1, -0.05) is 66.7 Å². The molecule has 1 aliphatic carbocycles. The molecule has 0 N–H and O–H groups in total. The van der Waals surface area contributed by atoms with Gasteiger partial charge in [-0.05, 0) is 42.7 Å². The minimum absolute atomic E-state index is 0.220. The van der Waals surface area contributed by atoms with Crippen LogP contribution >= 0.6 is 0 Å². The van der Waals surface area contributed by atoms with Crippen molar-refractivity contribution in [2.75, 3.05) is 0 Å². The highest BCUT2D eigenvalue weighted by atomic mass is 28.3. The predicted octanol–water partition coefficient (Wildman–Crippen LogP) is 5.60. The molecule has 2 aromatic carbocycles. The summed E-state index contributed by atoms with van der Waals surface area (Å²) in [7, 11) is -3.73. The van der Waals surface area contributed by atoms with E-state index in [1.54, 1.807) is 25.1 Å². The van der Waals surface area contributed by atoms with E-state index in [1.165, 1.54) is 36.4 Å². The summed E-state index contributed by atoms with van der Waals surface area (Å²) in [5, 5.41) is -3.29. The van der Waals surface area contributed by atoms with Crippen LogP contribution in [0.3, 0.4) is 0 Å². The van der Waals surface area contributed by atoms with Gasteiger partial charge in [0.05, 0.1) is 6.26 Å². The van der Waals surface area contributed by atoms with Crippen molar-refractivity contribution >= 4 is 14.2 Å². The van der Waals surface area contributed by atoms with E-state index in [0.717, 1.165) is 32.2 Å². The summed E-state index contributed by atoms with van der Waals surface area (Å²) < 4.78 is 85.4. The quantitative estimate of drug-likeness (QED) is 0.255. The van der Waals surface area contributed by atoms with Gasteiger partial charge in [-0.2, -0.15) is 8.78 Å². The molecule has 160 valence electrons. The molecule has 0 amide bonds. The van der Waals surface area contributed by atoms with Crippen molar-refractivity contribution in [2.45, 2.75) is 43.8 Å². The molecule has 7 heteroatoms. The first-order valence-corrected chi connectivity index (χ1v) is 11.2. The van der Waals surface area contributed by atoms with Gasteiger partial charge < -0.3 is 4.43 Å². The van der Waals surface area contributed by atoms with Crippen LogP contribution in [0.15, 0.2) is 84.1 Å². The number of benzene rings is 2. The lowest BCUT2D eigenvalue weighted by Crippen LogP contribution is -2.72. The van der Waals surface area contributed by atoms with Crippen LogP contribution in [0, 0.1) is 0 Å². The van der Waals surface area contributed by atoms with Gasteiger partial charge >= 0.3 is 15.0 Å². The molecule has 0 aromatic heterocycles. The monoisotopic (exact) mass is 438 g/mol. The summed E-state index contributed by atoms with van der Waals surface area (Å²) in [6, 6.07) is 14.0. The number of allylic oxidation sites excluding steroid dienone is 3. The Hall–Kier alpha value is -2.41. The molecule has 30 heavy (non-hydrogen) atoms. The van der Waals surface area contributed by atoms with Crippen molar-refractivity contribution in [1.82, 2.24) is 0 Å². The average molecular weight is 439 g/mol. The molecule has 0 radical (unpaired) electrons. The molecule has 1 nitrogen and oxygen atoms in total. The maximum atomic E-state index is 16.7. The highest BCUT2D eigenvalue weighted by molar-refractivity contribution is 6.71. The third kappa shape index (κ3) is 3.02. The highest BCUT2D eigenvalue weighted by Gasteiger charge is 2.79. The molecule has 2 aromatic rings. The summed E-state index contributed by atoms with van der Waals surface area (Å²) >= 11 is 0. The number of rotatable bonds is 5. The molecule has 4 unspecified atom stereocenters. The van der Waals surface area contributed by atoms with E-state index >= 15 is 22.0 Å². The molecule has 0 bridgehead atoms. The summed E-state index contributed by atoms with van der Waals surface area (Å²) in [6.45, 7) is 3.85. The molecule has 0 heterocycles. The summed E-state index contributed by atoms with van der Waals surface area (Å²) in [5.41, 5.74) is -5.39. The fourth-order valence-electron chi connectivity index (χ4n) is 3.99. The minimum Gasteiger partial charge on any atom is -0.544 e. The van der Waals surface area contributed by atoms with Crippen molar-refractivity contribution in [3.8, 4) is 0 Å². The van der Waals surface area contributed by atoms with E-state index in [0.29, 0.717) is 0 Å². The number of halogens is 5. The molecule has 0 saturated carbocycles. The fourth-order valence-corrected chi connectivity index (χ4v) is 6.84. The van der Waals surface area contributed by atoms with Crippen LogP contribution in [0.2, 0.25) is 0 Å². The van der Waals surface area contributed by atoms with Crippen LogP contribution in [0.1, 0.15) is 26.3 Å². The first kappa shape index (κ1) is 22.3. The zero-order valence-corrected chi connectivity index (χ0v) is 18.0. The lowest BCUT2D eigenvalue weighted by molar-refractivity contribution is -0.221. The van der Waals surface area contributed by atoms with Gasteiger partial charge in [-0.3, -0.25) is 0 Å². The minimum atomic E-state index is -4.72. The summed E-state index contributed by atoms with van der Waals surface area (Å²) in [5.74, 6) is -4.72. The number of hydrogen-bond donors (Lipinski definition) is 0. The van der Waals surface area contributed by atoms with Crippen molar-refractivity contribution in [2.24, 2.45) is 0 Å². The Morgan fingerprint density at radius 2 is 1.43 bits per heavy atom. The zero-order valence-electron chi connectivity index (χ0n) is 16.9. The number of alkyl halides is 5. The number of hydrogen-bond acceptors (Lipinski definition) is 1. The maximum absolute atomic E-state index is 16.7. The standard InChI is InChI=1S/C23H23F5OSi/c1-4-15-29-30(19-13-9-6-10-14-19)22(26)17(3)16(2)20(24)21(25,23(22,27)28)18-11-7-5-8-12-18/h4-15,20,30H,1-3H3.